The van der Waals surface area contributed by atoms with E-state index >= 15 is 0 Å². The maximum atomic E-state index is 12.0. The number of likely N-dealkylation sites (N-methyl/N-ethyl adjacent to an activating group) is 1. The van der Waals surface area contributed by atoms with E-state index in [1.807, 2.05) is 18.9 Å². The van der Waals surface area contributed by atoms with Crippen molar-refractivity contribution >= 4 is 6.03 Å². The molecule has 1 atom stereocenters. The molecule has 1 heterocycles. The summed E-state index contributed by atoms with van der Waals surface area (Å²) in [6, 6.07) is 0.247. The maximum Gasteiger partial charge on any atom is 0.320 e. The predicted molar refractivity (Wildman–Crippen MR) is 61.6 cm³/mol. The zero-order valence-corrected chi connectivity index (χ0v) is 10.1. The first-order valence-electron chi connectivity index (χ1n) is 5.78. The Morgan fingerprint density at radius 3 is 2.53 bits per heavy atom. The van der Waals surface area contributed by atoms with Gasteiger partial charge in [-0.2, -0.15) is 0 Å². The van der Waals surface area contributed by atoms with Gasteiger partial charge >= 0.3 is 6.03 Å². The van der Waals surface area contributed by atoms with Crippen LogP contribution < -0.4 is 5.73 Å². The number of carbonyl (C=O) groups is 1. The Labute approximate surface area is 92.4 Å². The van der Waals surface area contributed by atoms with Gasteiger partial charge in [0.05, 0.1) is 0 Å². The Morgan fingerprint density at radius 1 is 1.53 bits per heavy atom. The zero-order chi connectivity index (χ0) is 11.4. The molecular formula is C11H23N3O. The average molecular weight is 213 g/mol. The third-order valence-electron chi connectivity index (χ3n) is 3.36. The van der Waals surface area contributed by atoms with Gasteiger partial charge in [0.25, 0.3) is 0 Å². The average Bonchev–Trinajstić information content (AvgIpc) is 2.27. The van der Waals surface area contributed by atoms with E-state index in [9.17, 15) is 4.79 Å². The summed E-state index contributed by atoms with van der Waals surface area (Å²) in [6.07, 6.45) is 2.24. The molecule has 1 unspecified atom stereocenters. The first kappa shape index (κ1) is 12.3. The van der Waals surface area contributed by atoms with E-state index in [0.29, 0.717) is 6.54 Å². The highest BCUT2D eigenvalue weighted by Crippen LogP contribution is 2.17. The highest BCUT2D eigenvalue weighted by atomic mass is 16.2. The lowest BCUT2D eigenvalue weighted by Crippen LogP contribution is -2.49. The monoisotopic (exact) mass is 213 g/mol. The largest absolute Gasteiger partial charge is 0.328 e. The van der Waals surface area contributed by atoms with Crippen LogP contribution in [0.15, 0.2) is 0 Å². The summed E-state index contributed by atoms with van der Waals surface area (Å²) >= 11 is 0. The van der Waals surface area contributed by atoms with Crippen molar-refractivity contribution in [2.75, 3.05) is 26.7 Å². The van der Waals surface area contributed by atoms with Crippen molar-refractivity contribution in [3.05, 3.63) is 0 Å². The van der Waals surface area contributed by atoms with E-state index in [-0.39, 0.29) is 12.1 Å². The molecule has 0 radical (unpaired) electrons. The van der Waals surface area contributed by atoms with Gasteiger partial charge in [0.1, 0.15) is 0 Å². The number of rotatable bonds is 2. The molecule has 4 heteroatoms. The molecule has 4 nitrogen and oxygen atoms in total. The third kappa shape index (κ3) is 3.09. The fourth-order valence-electron chi connectivity index (χ4n) is 1.77. The van der Waals surface area contributed by atoms with Crippen LogP contribution in [-0.4, -0.2) is 48.6 Å². The number of amides is 2. The van der Waals surface area contributed by atoms with E-state index in [0.717, 1.165) is 31.8 Å². The topological polar surface area (TPSA) is 49.6 Å². The number of hydrogen-bond acceptors (Lipinski definition) is 2. The van der Waals surface area contributed by atoms with Crippen molar-refractivity contribution < 1.29 is 4.79 Å². The predicted octanol–water partition coefficient (Wildman–Crippen LogP) is 1.12. The molecule has 2 N–H and O–H groups in total. The van der Waals surface area contributed by atoms with Gasteiger partial charge in [0.15, 0.2) is 0 Å². The highest BCUT2D eigenvalue weighted by Gasteiger charge is 2.24. The number of likely N-dealkylation sites (tertiary alicyclic amines) is 1. The second kappa shape index (κ2) is 5.35. The second-order valence-electron chi connectivity index (χ2n) is 4.65. The molecule has 1 rings (SSSR count). The lowest BCUT2D eigenvalue weighted by Gasteiger charge is -2.35. The van der Waals surface area contributed by atoms with E-state index in [1.165, 1.54) is 0 Å². The number of nitrogens with zero attached hydrogens (tertiary/aromatic N) is 2. The minimum Gasteiger partial charge on any atom is -0.328 e. The van der Waals surface area contributed by atoms with E-state index in [1.54, 1.807) is 4.90 Å². The highest BCUT2D eigenvalue weighted by molar-refractivity contribution is 5.74. The molecule has 0 spiro atoms. The van der Waals surface area contributed by atoms with Gasteiger partial charge in [-0.3, -0.25) is 0 Å². The summed E-state index contributed by atoms with van der Waals surface area (Å²) in [5.41, 5.74) is 5.55. The molecule has 88 valence electrons. The maximum absolute atomic E-state index is 12.0. The Morgan fingerprint density at radius 2 is 2.07 bits per heavy atom. The van der Waals surface area contributed by atoms with Gasteiger partial charge in [-0.1, -0.05) is 6.92 Å². The van der Waals surface area contributed by atoms with E-state index in [4.69, 9.17) is 5.73 Å². The van der Waals surface area contributed by atoms with Crippen LogP contribution in [0, 0.1) is 5.92 Å². The van der Waals surface area contributed by atoms with Crippen LogP contribution in [-0.2, 0) is 0 Å². The minimum atomic E-state index is 0.122. The van der Waals surface area contributed by atoms with Crippen LogP contribution >= 0.6 is 0 Å². The number of hydrogen-bond donors (Lipinski definition) is 1. The van der Waals surface area contributed by atoms with Crippen molar-refractivity contribution in [3.8, 4) is 0 Å². The normalized spacial score (nSPS) is 20.1. The van der Waals surface area contributed by atoms with Crippen molar-refractivity contribution in [1.29, 1.82) is 0 Å². The van der Waals surface area contributed by atoms with Crippen molar-refractivity contribution in [2.24, 2.45) is 11.7 Å². The lowest BCUT2D eigenvalue weighted by molar-refractivity contribution is 0.133. The second-order valence-corrected chi connectivity index (χ2v) is 4.65. The van der Waals surface area contributed by atoms with Crippen LogP contribution in [0.1, 0.15) is 26.7 Å². The van der Waals surface area contributed by atoms with Crippen molar-refractivity contribution in [1.82, 2.24) is 9.80 Å². The summed E-state index contributed by atoms with van der Waals surface area (Å²) < 4.78 is 0. The Bertz CT molecular complexity index is 212. The summed E-state index contributed by atoms with van der Waals surface area (Å²) in [7, 11) is 1.83. The fourth-order valence-corrected chi connectivity index (χ4v) is 1.77. The van der Waals surface area contributed by atoms with Crippen LogP contribution in [0.3, 0.4) is 0 Å². The summed E-state index contributed by atoms with van der Waals surface area (Å²) in [4.78, 5) is 15.7. The molecule has 1 aliphatic rings. The van der Waals surface area contributed by atoms with Crippen LogP contribution in [0.4, 0.5) is 4.79 Å². The molecule has 1 fully saturated rings. The molecule has 0 bridgehead atoms. The summed E-state index contributed by atoms with van der Waals surface area (Å²) in [5, 5.41) is 0. The van der Waals surface area contributed by atoms with Crippen LogP contribution in [0.25, 0.3) is 0 Å². The molecule has 0 aromatic heterocycles. The first-order valence-corrected chi connectivity index (χ1v) is 5.78. The SMILES string of the molecule is CC1CCN(C(=O)N(C)C(C)CN)CC1. The van der Waals surface area contributed by atoms with Gasteiger partial charge in [-0.15, -0.1) is 0 Å². The zero-order valence-electron chi connectivity index (χ0n) is 10.1. The van der Waals surface area contributed by atoms with Gasteiger partial charge in [-0.25, -0.2) is 4.79 Å². The number of carbonyl (C=O) groups excluding carboxylic acids is 1. The molecule has 1 saturated heterocycles. The van der Waals surface area contributed by atoms with Crippen LogP contribution in [0.5, 0.6) is 0 Å². The van der Waals surface area contributed by atoms with E-state index in [2.05, 4.69) is 6.92 Å². The van der Waals surface area contributed by atoms with E-state index < -0.39 is 0 Å². The molecule has 2 amide bonds. The van der Waals surface area contributed by atoms with Gasteiger partial charge in [0.2, 0.25) is 0 Å². The quantitative estimate of drug-likeness (QED) is 0.747. The number of nitrogens with two attached hydrogens (primary N) is 1. The molecule has 15 heavy (non-hydrogen) atoms. The molecule has 0 aromatic carbocycles. The van der Waals surface area contributed by atoms with Crippen molar-refractivity contribution in [3.63, 3.8) is 0 Å². The molecule has 0 aromatic rings. The summed E-state index contributed by atoms with van der Waals surface area (Å²) in [5.74, 6) is 0.756. The fraction of sp³-hybridized carbons (Fsp3) is 0.909. The summed E-state index contributed by atoms with van der Waals surface area (Å²) in [6.45, 7) is 6.52. The molecular weight excluding hydrogens is 190 g/mol. The third-order valence-corrected chi connectivity index (χ3v) is 3.36. The Hall–Kier alpha value is -0.770. The Balaban J connectivity index is 2.46. The first-order chi connectivity index (χ1) is 7.06. The number of piperidine rings is 1. The van der Waals surface area contributed by atoms with Crippen molar-refractivity contribution in [2.45, 2.75) is 32.7 Å². The minimum absolute atomic E-state index is 0.122. The Kier molecular flexibility index (Phi) is 4.39. The van der Waals surface area contributed by atoms with Gasteiger partial charge in [-0.05, 0) is 25.7 Å². The lowest BCUT2D eigenvalue weighted by atomic mass is 9.99. The van der Waals surface area contributed by atoms with Gasteiger partial charge in [0, 0.05) is 32.7 Å². The van der Waals surface area contributed by atoms with Gasteiger partial charge < -0.3 is 15.5 Å². The molecule has 0 saturated carbocycles. The standard InChI is InChI=1S/C11H23N3O/c1-9-4-6-14(7-5-9)11(15)13(3)10(2)8-12/h9-10H,4-8,12H2,1-3H3. The molecule has 0 aliphatic carbocycles. The van der Waals surface area contributed by atoms with Crippen LogP contribution in [0.2, 0.25) is 0 Å². The smallest absolute Gasteiger partial charge is 0.320 e. The number of urea groups is 1. The molecule has 1 aliphatic heterocycles.